The van der Waals surface area contributed by atoms with E-state index in [-0.39, 0.29) is 23.0 Å². The SMILES string of the molecule is CCC(C)C=C(C)C(=O)C(C)=CC(C)C=C(C)C=C(C)c1oc(=O)c(C)c(O)c1C. The zero-order valence-electron chi connectivity index (χ0n) is 19.8. The summed E-state index contributed by atoms with van der Waals surface area (Å²) >= 11 is 0. The molecule has 2 unspecified atom stereocenters. The molecule has 0 radical (unpaired) electrons. The van der Waals surface area contributed by atoms with Crippen LogP contribution in [-0.2, 0) is 4.79 Å². The van der Waals surface area contributed by atoms with Gasteiger partial charge in [0.2, 0.25) is 0 Å². The first-order valence-electron chi connectivity index (χ1n) is 10.5. The monoisotopic (exact) mass is 412 g/mol. The van der Waals surface area contributed by atoms with Crippen LogP contribution in [0.5, 0.6) is 5.75 Å². The Morgan fingerprint density at radius 2 is 1.57 bits per heavy atom. The van der Waals surface area contributed by atoms with E-state index >= 15 is 0 Å². The van der Waals surface area contributed by atoms with Crippen molar-refractivity contribution in [1.29, 1.82) is 0 Å². The average Bonchev–Trinajstić information content (AvgIpc) is 2.67. The molecule has 0 amide bonds. The molecule has 0 bridgehead atoms. The number of carbonyl (C=O) groups is 1. The van der Waals surface area contributed by atoms with Crippen molar-refractivity contribution in [1.82, 2.24) is 0 Å². The lowest BCUT2D eigenvalue weighted by Gasteiger charge is -2.09. The van der Waals surface area contributed by atoms with E-state index in [1.165, 1.54) is 0 Å². The van der Waals surface area contributed by atoms with Crippen molar-refractivity contribution in [3.63, 3.8) is 0 Å². The Labute approximate surface area is 180 Å². The van der Waals surface area contributed by atoms with Crippen molar-refractivity contribution in [2.24, 2.45) is 11.8 Å². The minimum Gasteiger partial charge on any atom is -0.507 e. The molecule has 0 aliphatic heterocycles. The van der Waals surface area contributed by atoms with Crippen molar-refractivity contribution in [3.8, 4) is 5.75 Å². The fourth-order valence-electron chi connectivity index (χ4n) is 3.43. The Morgan fingerprint density at radius 3 is 2.13 bits per heavy atom. The summed E-state index contributed by atoms with van der Waals surface area (Å²) < 4.78 is 5.38. The van der Waals surface area contributed by atoms with Gasteiger partial charge in [-0.2, -0.15) is 0 Å². The molecule has 0 saturated heterocycles. The third-order valence-corrected chi connectivity index (χ3v) is 5.29. The van der Waals surface area contributed by atoms with Gasteiger partial charge in [-0.05, 0) is 70.1 Å². The Kier molecular flexibility index (Phi) is 9.28. The van der Waals surface area contributed by atoms with Gasteiger partial charge in [-0.25, -0.2) is 4.79 Å². The summed E-state index contributed by atoms with van der Waals surface area (Å²) in [5.41, 5.74) is 3.48. The van der Waals surface area contributed by atoms with E-state index in [1.54, 1.807) is 13.8 Å². The fraction of sp³-hybridized carbons (Fsp3) is 0.462. The molecule has 164 valence electrons. The molecule has 1 aromatic heterocycles. The highest BCUT2D eigenvalue weighted by atomic mass is 16.4. The lowest BCUT2D eigenvalue weighted by molar-refractivity contribution is -0.112. The molecular weight excluding hydrogens is 376 g/mol. The number of Topliss-reactive ketones (excluding diaryl/α,β-unsaturated/α-hetero) is 1. The van der Waals surface area contributed by atoms with Gasteiger partial charge in [0.05, 0.1) is 5.56 Å². The predicted octanol–water partition coefficient (Wildman–Crippen LogP) is 6.46. The second-order valence-corrected chi connectivity index (χ2v) is 8.33. The summed E-state index contributed by atoms with van der Waals surface area (Å²) in [6.07, 6.45) is 8.97. The van der Waals surface area contributed by atoms with Crippen LogP contribution in [0.15, 0.2) is 50.2 Å². The zero-order valence-corrected chi connectivity index (χ0v) is 19.8. The van der Waals surface area contributed by atoms with Crippen molar-refractivity contribution < 1.29 is 14.3 Å². The first kappa shape index (κ1) is 25.4. The standard InChI is InChI=1S/C26H36O4/c1-10-15(2)12-18(5)23(27)19(6)13-16(3)11-17(4)14-20(7)25-21(8)24(28)22(9)26(29)30-25/h11-16,28H,10H2,1-9H3. The lowest BCUT2D eigenvalue weighted by Crippen LogP contribution is -2.07. The molecule has 4 nitrogen and oxygen atoms in total. The highest BCUT2D eigenvalue weighted by Gasteiger charge is 2.14. The molecule has 0 fully saturated rings. The lowest BCUT2D eigenvalue weighted by atomic mass is 9.97. The molecule has 1 rings (SSSR count). The van der Waals surface area contributed by atoms with Crippen molar-refractivity contribution in [3.05, 3.63) is 68.3 Å². The van der Waals surface area contributed by atoms with E-state index < -0.39 is 5.63 Å². The third kappa shape index (κ3) is 6.72. The molecule has 0 aliphatic rings. The summed E-state index contributed by atoms with van der Waals surface area (Å²) in [5.74, 6) is 0.888. The van der Waals surface area contributed by atoms with Gasteiger partial charge in [-0.15, -0.1) is 0 Å². The number of carbonyl (C=O) groups excluding carboxylic acids is 1. The van der Waals surface area contributed by atoms with Gasteiger partial charge < -0.3 is 9.52 Å². The highest BCUT2D eigenvalue weighted by molar-refractivity contribution is 6.07. The second-order valence-electron chi connectivity index (χ2n) is 8.33. The van der Waals surface area contributed by atoms with Gasteiger partial charge in [-0.1, -0.05) is 57.1 Å². The first-order valence-corrected chi connectivity index (χ1v) is 10.5. The van der Waals surface area contributed by atoms with E-state index in [9.17, 15) is 14.7 Å². The van der Waals surface area contributed by atoms with Gasteiger partial charge in [0, 0.05) is 5.56 Å². The molecule has 1 aromatic rings. The first-order chi connectivity index (χ1) is 13.9. The molecule has 2 atom stereocenters. The minimum absolute atomic E-state index is 0.0260. The molecule has 0 aliphatic carbocycles. The van der Waals surface area contributed by atoms with E-state index in [0.29, 0.717) is 17.2 Å². The van der Waals surface area contributed by atoms with Crippen molar-refractivity contribution in [2.45, 2.75) is 68.7 Å². The van der Waals surface area contributed by atoms with Gasteiger partial charge >= 0.3 is 5.63 Å². The van der Waals surface area contributed by atoms with E-state index in [1.807, 2.05) is 52.8 Å². The van der Waals surface area contributed by atoms with Crippen LogP contribution in [0.1, 0.15) is 71.8 Å². The van der Waals surface area contributed by atoms with Crippen LogP contribution in [-0.4, -0.2) is 10.9 Å². The molecule has 1 heterocycles. The number of hydrogen-bond acceptors (Lipinski definition) is 4. The van der Waals surface area contributed by atoms with Gasteiger partial charge in [0.1, 0.15) is 11.5 Å². The zero-order chi connectivity index (χ0) is 23.2. The number of allylic oxidation sites excluding steroid dienone is 8. The number of rotatable bonds is 8. The highest BCUT2D eigenvalue weighted by Crippen LogP contribution is 2.27. The van der Waals surface area contributed by atoms with Crippen LogP contribution in [0.4, 0.5) is 0 Å². The summed E-state index contributed by atoms with van der Waals surface area (Å²) in [6, 6.07) is 0. The minimum atomic E-state index is -0.534. The van der Waals surface area contributed by atoms with Gasteiger partial charge in [0.25, 0.3) is 0 Å². The maximum Gasteiger partial charge on any atom is 0.342 e. The molecule has 0 saturated carbocycles. The molecular formula is C26H36O4. The molecule has 0 aromatic carbocycles. The topological polar surface area (TPSA) is 67.5 Å². The average molecular weight is 413 g/mol. The van der Waals surface area contributed by atoms with E-state index in [2.05, 4.69) is 19.9 Å². The summed E-state index contributed by atoms with van der Waals surface area (Å²) in [4.78, 5) is 24.5. The van der Waals surface area contributed by atoms with Crippen molar-refractivity contribution in [2.75, 3.05) is 0 Å². The maximum atomic E-state index is 12.6. The summed E-state index contributed by atoms with van der Waals surface area (Å²) in [7, 11) is 0. The smallest absolute Gasteiger partial charge is 0.342 e. The summed E-state index contributed by atoms with van der Waals surface area (Å²) in [5, 5.41) is 10.1. The molecule has 30 heavy (non-hydrogen) atoms. The van der Waals surface area contributed by atoms with Gasteiger partial charge in [0.15, 0.2) is 5.78 Å². The Balaban J connectivity index is 3.09. The van der Waals surface area contributed by atoms with Crippen LogP contribution in [0.3, 0.4) is 0 Å². The molecule has 4 heteroatoms. The van der Waals surface area contributed by atoms with E-state index in [0.717, 1.165) is 28.7 Å². The quantitative estimate of drug-likeness (QED) is 0.393. The Morgan fingerprint density at radius 1 is 1.00 bits per heavy atom. The van der Waals surface area contributed by atoms with Crippen LogP contribution in [0, 0.1) is 25.7 Å². The number of ketones is 1. The predicted molar refractivity (Wildman–Crippen MR) is 125 cm³/mol. The number of aromatic hydroxyl groups is 1. The van der Waals surface area contributed by atoms with Crippen LogP contribution >= 0.6 is 0 Å². The molecule has 0 spiro atoms. The normalized spacial score (nSPS) is 15.9. The van der Waals surface area contributed by atoms with Crippen LogP contribution in [0.2, 0.25) is 0 Å². The second kappa shape index (κ2) is 11.0. The third-order valence-electron chi connectivity index (χ3n) is 5.29. The van der Waals surface area contributed by atoms with Crippen LogP contribution in [0.25, 0.3) is 5.57 Å². The Bertz CT molecular complexity index is 967. The molecule has 1 N–H and O–H groups in total. The van der Waals surface area contributed by atoms with Crippen molar-refractivity contribution >= 4 is 11.4 Å². The summed E-state index contributed by atoms with van der Waals surface area (Å²) in [6.45, 7) is 17.0. The number of hydrogen-bond donors (Lipinski definition) is 1. The van der Waals surface area contributed by atoms with Crippen LogP contribution < -0.4 is 5.63 Å². The van der Waals surface area contributed by atoms with Gasteiger partial charge in [-0.3, -0.25) is 4.79 Å². The van der Waals surface area contributed by atoms with E-state index in [4.69, 9.17) is 4.42 Å². The largest absolute Gasteiger partial charge is 0.507 e. The maximum absolute atomic E-state index is 12.6. The fourth-order valence-corrected chi connectivity index (χ4v) is 3.43. The Hall–Kier alpha value is -2.62.